The minimum absolute atomic E-state index is 0.113. The van der Waals surface area contributed by atoms with Crippen molar-refractivity contribution in [3.8, 4) is 5.75 Å². The number of hydrogen-bond acceptors (Lipinski definition) is 3. The molecule has 2 rings (SSSR count). The van der Waals surface area contributed by atoms with E-state index in [4.69, 9.17) is 16.3 Å². The number of carbonyl (C=O) groups is 1. The molecule has 0 aromatic heterocycles. The highest BCUT2D eigenvalue weighted by Gasteiger charge is 2.14. The maximum Gasteiger partial charge on any atom is 0.175 e. The van der Waals surface area contributed by atoms with Crippen LogP contribution in [0.1, 0.15) is 10.4 Å². The van der Waals surface area contributed by atoms with Crippen molar-refractivity contribution in [1.29, 1.82) is 0 Å². The maximum absolute atomic E-state index is 13.1. The van der Waals surface area contributed by atoms with E-state index in [1.807, 2.05) is 0 Å². The topological polar surface area (TPSA) is 43.4 Å². The molecule has 0 aliphatic rings. The van der Waals surface area contributed by atoms with Gasteiger partial charge in [0.2, 0.25) is 0 Å². The molecule has 1 atom stereocenters. The molecule has 1 unspecified atom stereocenters. The first-order valence-electron chi connectivity index (χ1n) is 6.02. The molecule has 0 fully saturated rings. The van der Waals surface area contributed by atoms with E-state index >= 15 is 0 Å². The predicted octanol–water partition coefficient (Wildman–Crippen LogP) is 3.48. The second kappa shape index (κ2) is 6.83. The summed E-state index contributed by atoms with van der Waals surface area (Å²) >= 11 is 5.64. The number of hydrogen-bond donors (Lipinski definition) is 0. The Morgan fingerprint density at radius 3 is 2.48 bits per heavy atom. The number of ether oxygens (including phenoxy) is 1. The van der Waals surface area contributed by atoms with Crippen molar-refractivity contribution in [3.05, 3.63) is 58.9 Å². The fourth-order valence-corrected chi connectivity index (χ4v) is 2.97. The number of rotatable bonds is 5. The molecule has 0 N–H and O–H groups in total. The van der Waals surface area contributed by atoms with Gasteiger partial charge in [-0.2, -0.15) is 0 Å². The molecule has 0 radical (unpaired) electrons. The van der Waals surface area contributed by atoms with Gasteiger partial charge in [-0.3, -0.25) is 9.00 Å². The second-order valence-electron chi connectivity index (χ2n) is 4.22. The quantitative estimate of drug-likeness (QED) is 0.790. The highest BCUT2D eigenvalue weighted by Crippen LogP contribution is 2.19. The molecule has 0 saturated carbocycles. The molecular formula is C15H12ClFO3S. The number of ketones is 1. The molecule has 0 aliphatic carbocycles. The molecule has 21 heavy (non-hydrogen) atoms. The van der Waals surface area contributed by atoms with E-state index < -0.39 is 16.6 Å². The van der Waals surface area contributed by atoms with E-state index in [9.17, 15) is 13.4 Å². The van der Waals surface area contributed by atoms with Crippen LogP contribution in [0.15, 0.2) is 47.4 Å². The molecule has 110 valence electrons. The average Bonchev–Trinajstić information content (AvgIpc) is 2.50. The molecule has 0 amide bonds. The van der Waals surface area contributed by atoms with Gasteiger partial charge in [0, 0.05) is 10.5 Å². The summed E-state index contributed by atoms with van der Waals surface area (Å²) in [5.41, 5.74) is 0.442. The Morgan fingerprint density at radius 1 is 1.24 bits per heavy atom. The lowest BCUT2D eigenvalue weighted by molar-refractivity contribution is 0.102. The summed E-state index contributed by atoms with van der Waals surface area (Å²) in [5, 5.41) is -0.113. The van der Waals surface area contributed by atoms with E-state index in [-0.39, 0.29) is 16.6 Å². The Hall–Kier alpha value is -1.72. The summed E-state index contributed by atoms with van der Waals surface area (Å²) in [6.07, 6.45) is 0. The van der Waals surface area contributed by atoms with Gasteiger partial charge in [-0.15, -0.1) is 0 Å². The van der Waals surface area contributed by atoms with Crippen molar-refractivity contribution in [2.75, 3.05) is 12.9 Å². The lowest BCUT2D eigenvalue weighted by Crippen LogP contribution is -2.11. The van der Waals surface area contributed by atoms with Crippen LogP contribution in [0.4, 0.5) is 4.39 Å². The third kappa shape index (κ3) is 3.89. The predicted molar refractivity (Wildman–Crippen MR) is 80.0 cm³/mol. The van der Waals surface area contributed by atoms with Crippen LogP contribution in [0.3, 0.4) is 0 Å². The highest BCUT2D eigenvalue weighted by atomic mass is 35.5. The van der Waals surface area contributed by atoms with Crippen LogP contribution in [-0.2, 0) is 10.8 Å². The van der Waals surface area contributed by atoms with Gasteiger partial charge < -0.3 is 4.74 Å². The molecule has 0 spiro atoms. The zero-order valence-electron chi connectivity index (χ0n) is 11.1. The normalized spacial score (nSPS) is 12.0. The lowest BCUT2D eigenvalue weighted by Gasteiger charge is -2.04. The Morgan fingerprint density at radius 2 is 1.90 bits per heavy atom. The van der Waals surface area contributed by atoms with Gasteiger partial charge in [0.05, 0.1) is 28.7 Å². The monoisotopic (exact) mass is 326 g/mol. The summed E-state index contributed by atoms with van der Waals surface area (Å²) in [7, 11) is -0.0397. The Kier molecular flexibility index (Phi) is 5.09. The van der Waals surface area contributed by atoms with Crippen LogP contribution in [-0.4, -0.2) is 22.9 Å². The van der Waals surface area contributed by atoms with E-state index in [1.54, 1.807) is 24.3 Å². The number of halogens is 2. The second-order valence-corrected chi connectivity index (χ2v) is 6.08. The van der Waals surface area contributed by atoms with Crippen molar-refractivity contribution in [2.45, 2.75) is 4.90 Å². The average molecular weight is 327 g/mol. The van der Waals surface area contributed by atoms with Crippen molar-refractivity contribution in [3.63, 3.8) is 0 Å². The molecule has 0 heterocycles. The molecule has 0 bridgehead atoms. The molecule has 3 nitrogen and oxygen atoms in total. The summed E-state index contributed by atoms with van der Waals surface area (Å²) in [5.74, 6) is -0.401. The van der Waals surface area contributed by atoms with Gasteiger partial charge in [0.15, 0.2) is 5.78 Å². The fraction of sp³-hybridized carbons (Fsp3) is 0.133. The number of Topliss-reactive ketones (excluding diaryl/α,β-unsaturated/α-hetero) is 1. The molecule has 2 aromatic rings. The molecule has 0 saturated heterocycles. The first-order valence-corrected chi connectivity index (χ1v) is 7.71. The van der Waals surface area contributed by atoms with Crippen LogP contribution in [0, 0.1) is 5.82 Å². The van der Waals surface area contributed by atoms with Gasteiger partial charge in [0.25, 0.3) is 0 Å². The minimum Gasteiger partial charge on any atom is -0.497 e. The third-order valence-corrected chi connectivity index (χ3v) is 4.42. The third-order valence-electron chi connectivity index (χ3n) is 2.83. The molecule has 6 heteroatoms. The van der Waals surface area contributed by atoms with Crippen LogP contribution in [0.2, 0.25) is 5.02 Å². The van der Waals surface area contributed by atoms with Crippen LogP contribution in [0.25, 0.3) is 0 Å². The number of benzene rings is 2. The van der Waals surface area contributed by atoms with Crippen LogP contribution < -0.4 is 4.74 Å². The summed E-state index contributed by atoms with van der Waals surface area (Å²) in [4.78, 5) is 12.4. The van der Waals surface area contributed by atoms with Crippen molar-refractivity contribution in [2.24, 2.45) is 0 Å². The van der Waals surface area contributed by atoms with E-state index in [1.165, 1.54) is 19.2 Å². The Balaban J connectivity index is 2.10. The summed E-state index contributed by atoms with van der Waals surface area (Å²) in [6.45, 7) is 0. The van der Waals surface area contributed by atoms with Gasteiger partial charge >= 0.3 is 0 Å². The number of methoxy groups -OCH3 is 1. The standard InChI is InChI=1S/C15H12ClFO3S/c1-20-11-4-2-10(3-5-11)15(18)9-21(19)12-6-7-14(17)13(16)8-12/h2-8H,9H2,1H3. The van der Waals surface area contributed by atoms with E-state index in [2.05, 4.69) is 0 Å². The molecule has 2 aromatic carbocycles. The van der Waals surface area contributed by atoms with Gasteiger partial charge in [0.1, 0.15) is 11.6 Å². The zero-order valence-corrected chi connectivity index (χ0v) is 12.7. The lowest BCUT2D eigenvalue weighted by atomic mass is 10.1. The van der Waals surface area contributed by atoms with Crippen molar-refractivity contribution in [1.82, 2.24) is 0 Å². The first kappa shape index (κ1) is 15.7. The van der Waals surface area contributed by atoms with Gasteiger partial charge in [-0.1, -0.05) is 11.6 Å². The van der Waals surface area contributed by atoms with Crippen molar-refractivity contribution >= 4 is 28.2 Å². The van der Waals surface area contributed by atoms with Crippen LogP contribution in [0.5, 0.6) is 5.75 Å². The zero-order chi connectivity index (χ0) is 15.4. The number of carbonyl (C=O) groups excluding carboxylic acids is 1. The van der Waals surface area contributed by atoms with Crippen molar-refractivity contribution < 1.29 is 18.1 Å². The fourth-order valence-electron chi connectivity index (χ4n) is 1.68. The van der Waals surface area contributed by atoms with E-state index in [0.29, 0.717) is 16.2 Å². The van der Waals surface area contributed by atoms with Gasteiger partial charge in [-0.25, -0.2) is 4.39 Å². The van der Waals surface area contributed by atoms with Gasteiger partial charge in [-0.05, 0) is 42.5 Å². The maximum atomic E-state index is 13.1. The Bertz CT molecular complexity index is 686. The SMILES string of the molecule is COc1ccc(C(=O)CS(=O)c2ccc(F)c(Cl)c2)cc1. The van der Waals surface area contributed by atoms with Crippen LogP contribution >= 0.6 is 11.6 Å². The largest absolute Gasteiger partial charge is 0.497 e. The first-order chi connectivity index (χ1) is 10.0. The highest BCUT2D eigenvalue weighted by molar-refractivity contribution is 7.85. The Labute approximate surface area is 129 Å². The summed E-state index contributed by atoms with van der Waals surface area (Å²) < 4.78 is 30.2. The minimum atomic E-state index is -1.57. The smallest absolute Gasteiger partial charge is 0.175 e. The summed E-state index contributed by atoms with van der Waals surface area (Å²) in [6, 6.07) is 10.3. The molecule has 0 aliphatic heterocycles. The molecular weight excluding hydrogens is 315 g/mol. The van der Waals surface area contributed by atoms with E-state index in [0.717, 1.165) is 6.07 Å².